The number of hydrogen-bond acceptors (Lipinski definition) is 2. The molecule has 0 saturated heterocycles. The Hall–Kier alpha value is -1.51. The highest BCUT2D eigenvalue weighted by molar-refractivity contribution is 6.33. The van der Waals surface area contributed by atoms with Crippen LogP contribution in [0.4, 0.5) is 5.69 Å². The number of halogens is 1. The fourth-order valence-electron chi connectivity index (χ4n) is 3.27. The van der Waals surface area contributed by atoms with Crippen molar-refractivity contribution in [3.8, 4) is 0 Å². The van der Waals surface area contributed by atoms with Crippen LogP contribution in [0.2, 0.25) is 5.02 Å². The van der Waals surface area contributed by atoms with Gasteiger partial charge < -0.3 is 10.6 Å². The van der Waals surface area contributed by atoms with Crippen molar-refractivity contribution in [2.75, 3.05) is 18.4 Å². The zero-order chi connectivity index (χ0) is 15.5. The van der Waals surface area contributed by atoms with Crippen LogP contribution >= 0.6 is 11.6 Å². The van der Waals surface area contributed by atoms with Gasteiger partial charge in [0, 0.05) is 6.04 Å². The van der Waals surface area contributed by atoms with Gasteiger partial charge in [-0.05, 0) is 68.1 Å². The van der Waals surface area contributed by atoms with Crippen molar-refractivity contribution in [1.29, 1.82) is 0 Å². The molecule has 1 aliphatic heterocycles. The molecule has 2 N–H and O–H groups in total. The predicted octanol–water partition coefficient (Wildman–Crippen LogP) is 4.51. The lowest BCUT2D eigenvalue weighted by Crippen LogP contribution is -2.16. The first kappa shape index (κ1) is 15.4. The molecule has 1 unspecified atom stereocenters. The highest BCUT2D eigenvalue weighted by Gasteiger charge is 2.17. The topological polar surface area (TPSA) is 24.1 Å². The third-order valence-electron chi connectivity index (χ3n) is 4.50. The summed E-state index contributed by atoms with van der Waals surface area (Å²) in [4.78, 5) is 0. The van der Waals surface area contributed by atoms with E-state index in [1.165, 1.54) is 22.3 Å². The van der Waals surface area contributed by atoms with E-state index in [0.29, 0.717) is 0 Å². The molecule has 0 radical (unpaired) electrons. The molecule has 0 saturated carbocycles. The van der Waals surface area contributed by atoms with E-state index < -0.39 is 0 Å². The van der Waals surface area contributed by atoms with Crippen molar-refractivity contribution in [1.82, 2.24) is 5.32 Å². The van der Waals surface area contributed by atoms with E-state index in [1.807, 2.05) is 6.07 Å². The lowest BCUT2D eigenvalue weighted by atomic mass is 9.98. The van der Waals surface area contributed by atoms with E-state index >= 15 is 0 Å². The molecule has 0 spiro atoms. The van der Waals surface area contributed by atoms with Crippen molar-refractivity contribution in [3.05, 3.63) is 63.7 Å². The Labute approximate surface area is 137 Å². The van der Waals surface area contributed by atoms with Gasteiger partial charge >= 0.3 is 0 Å². The predicted molar refractivity (Wildman–Crippen MR) is 94.9 cm³/mol. The van der Waals surface area contributed by atoms with Gasteiger partial charge in [0.05, 0.1) is 10.7 Å². The molecule has 1 atom stereocenters. The summed E-state index contributed by atoms with van der Waals surface area (Å²) in [5.41, 5.74) is 6.52. The Morgan fingerprint density at radius 1 is 1.09 bits per heavy atom. The second-order valence-corrected chi connectivity index (χ2v) is 6.44. The molecule has 0 fully saturated rings. The fraction of sp³-hybridized carbons (Fsp3) is 0.368. The van der Waals surface area contributed by atoms with E-state index in [0.717, 1.165) is 36.6 Å². The molecule has 2 aromatic rings. The van der Waals surface area contributed by atoms with Crippen LogP contribution in [0.15, 0.2) is 36.4 Å². The first-order chi connectivity index (χ1) is 10.7. The van der Waals surface area contributed by atoms with Gasteiger partial charge in [-0.15, -0.1) is 0 Å². The molecular formula is C19H23ClN2. The van der Waals surface area contributed by atoms with Crippen molar-refractivity contribution >= 4 is 17.3 Å². The molecule has 0 bridgehead atoms. The summed E-state index contributed by atoms with van der Waals surface area (Å²) in [5, 5.41) is 7.95. The summed E-state index contributed by atoms with van der Waals surface area (Å²) in [5.74, 6) is 0. The molecule has 3 rings (SSSR count). The number of fused-ring (bicyclic) bond motifs is 1. The summed E-state index contributed by atoms with van der Waals surface area (Å²) in [6.45, 7) is 6.42. The molecule has 1 heterocycles. The maximum absolute atomic E-state index is 6.50. The van der Waals surface area contributed by atoms with Gasteiger partial charge in [0.1, 0.15) is 0 Å². The second-order valence-electron chi connectivity index (χ2n) is 6.03. The first-order valence-electron chi connectivity index (χ1n) is 8.00. The van der Waals surface area contributed by atoms with E-state index in [4.69, 9.17) is 11.6 Å². The van der Waals surface area contributed by atoms with Crippen molar-refractivity contribution in [2.24, 2.45) is 0 Å². The molecule has 2 aromatic carbocycles. The Kier molecular flexibility index (Phi) is 4.70. The Balaban J connectivity index is 1.93. The number of anilines is 1. The summed E-state index contributed by atoms with van der Waals surface area (Å²) >= 11 is 6.50. The molecule has 1 aliphatic rings. The summed E-state index contributed by atoms with van der Waals surface area (Å²) < 4.78 is 0. The Morgan fingerprint density at radius 3 is 2.68 bits per heavy atom. The van der Waals surface area contributed by atoms with Gasteiger partial charge in [0.2, 0.25) is 0 Å². The van der Waals surface area contributed by atoms with Gasteiger partial charge in [0.25, 0.3) is 0 Å². The number of benzene rings is 2. The Bertz CT molecular complexity index is 666. The SMILES string of the molecule is Cc1ccccc1C(C)Nc1c(Cl)ccc2c1CCNCC2. The normalized spacial score (nSPS) is 15.8. The molecular weight excluding hydrogens is 292 g/mol. The molecule has 0 aliphatic carbocycles. The smallest absolute Gasteiger partial charge is 0.0640 e. The van der Waals surface area contributed by atoms with Crippen molar-refractivity contribution in [3.63, 3.8) is 0 Å². The Morgan fingerprint density at radius 2 is 1.86 bits per heavy atom. The first-order valence-corrected chi connectivity index (χ1v) is 8.37. The molecule has 0 amide bonds. The van der Waals surface area contributed by atoms with Crippen molar-refractivity contribution in [2.45, 2.75) is 32.7 Å². The quantitative estimate of drug-likeness (QED) is 0.871. The summed E-state index contributed by atoms with van der Waals surface area (Å²) in [7, 11) is 0. The summed E-state index contributed by atoms with van der Waals surface area (Å²) in [6.07, 6.45) is 2.10. The number of rotatable bonds is 3. The van der Waals surface area contributed by atoms with Crippen LogP contribution in [0.3, 0.4) is 0 Å². The minimum Gasteiger partial charge on any atom is -0.377 e. The minimum absolute atomic E-state index is 0.237. The van der Waals surface area contributed by atoms with Gasteiger partial charge in [0.15, 0.2) is 0 Å². The van der Waals surface area contributed by atoms with E-state index in [9.17, 15) is 0 Å². The van der Waals surface area contributed by atoms with Gasteiger partial charge in [-0.2, -0.15) is 0 Å². The van der Waals surface area contributed by atoms with Crippen LogP contribution < -0.4 is 10.6 Å². The lowest BCUT2D eigenvalue weighted by Gasteiger charge is -2.22. The maximum Gasteiger partial charge on any atom is 0.0640 e. The van der Waals surface area contributed by atoms with E-state index in [1.54, 1.807) is 0 Å². The highest BCUT2D eigenvalue weighted by Crippen LogP contribution is 2.33. The van der Waals surface area contributed by atoms with Crippen LogP contribution in [-0.2, 0) is 12.8 Å². The van der Waals surface area contributed by atoms with E-state index in [-0.39, 0.29) is 6.04 Å². The largest absolute Gasteiger partial charge is 0.377 e. The molecule has 116 valence electrons. The third kappa shape index (κ3) is 3.13. The standard InChI is InChI=1S/C19H23ClN2/c1-13-5-3-4-6-16(13)14(2)22-19-17-10-12-21-11-9-15(17)7-8-18(19)20/h3-8,14,21-22H,9-12H2,1-2H3. The van der Waals surface area contributed by atoms with E-state index in [2.05, 4.69) is 54.8 Å². The number of aryl methyl sites for hydroxylation is 1. The number of nitrogens with one attached hydrogen (secondary N) is 2. The highest BCUT2D eigenvalue weighted by atomic mass is 35.5. The van der Waals surface area contributed by atoms with Gasteiger partial charge in [-0.1, -0.05) is 41.9 Å². The molecule has 0 aromatic heterocycles. The second kappa shape index (κ2) is 6.72. The number of hydrogen-bond donors (Lipinski definition) is 2. The minimum atomic E-state index is 0.237. The van der Waals surface area contributed by atoms with Gasteiger partial charge in [-0.25, -0.2) is 0 Å². The zero-order valence-corrected chi connectivity index (χ0v) is 14.0. The fourth-order valence-corrected chi connectivity index (χ4v) is 3.50. The van der Waals surface area contributed by atoms with Crippen LogP contribution in [0, 0.1) is 6.92 Å². The summed E-state index contributed by atoms with van der Waals surface area (Å²) in [6, 6.07) is 13.0. The third-order valence-corrected chi connectivity index (χ3v) is 4.81. The van der Waals surface area contributed by atoms with Gasteiger partial charge in [-0.3, -0.25) is 0 Å². The lowest BCUT2D eigenvalue weighted by molar-refractivity contribution is 0.711. The monoisotopic (exact) mass is 314 g/mol. The molecule has 22 heavy (non-hydrogen) atoms. The van der Waals surface area contributed by atoms with Crippen LogP contribution in [-0.4, -0.2) is 13.1 Å². The van der Waals surface area contributed by atoms with Crippen LogP contribution in [0.5, 0.6) is 0 Å². The average Bonchev–Trinajstić information content (AvgIpc) is 2.76. The molecule has 2 nitrogen and oxygen atoms in total. The molecule has 3 heteroatoms. The zero-order valence-electron chi connectivity index (χ0n) is 13.2. The maximum atomic E-state index is 6.50. The van der Waals surface area contributed by atoms with Crippen LogP contribution in [0.1, 0.15) is 35.2 Å². The van der Waals surface area contributed by atoms with Crippen molar-refractivity contribution < 1.29 is 0 Å². The van der Waals surface area contributed by atoms with Crippen LogP contribution in [0.25, 0.3) is 0 Å². The average molecular weight is 315 g/mol.